The first-order valence-corrected chi connectivity index (χ1v) is 7.42. The van der Waals surface area contributed by atoms with Crippen LogP contribution < -0.4 is 4.90 Å². The smallest absolute Gasteiger partial charge is 0.241 e. The highest BCUT2D eigenvalue weighted by Crippen LogP contribution is 2.46. The number of hydrogen-bond acceptors (Lipinski definition) is 3. The molecule has 1 spiro atoms. The average molecular weight is 323 g/mol. The number of nitrogens with zero attached hydrogens (tertiary/aromatic N) is 2. The maximum absolute atomic E-state index is 12.7. The summed E-state index contributed by atoms with van der Waals surface area (Å²) in [6.45, 7) is 0. The Morgan fingerprint density at radius 2 is 1.89 bits per heavy atom. The van der Waals surface area contributed by atoms with E-state index in [4.69, 9.17) is 0 Å². The van der Waals surface area contributed by atoms with Crippen LogP contribution in [0.2, 0.25) is 0 Å². The molecule has 3 rings (SSSR count). The van der Waals surface area contributed by atoms with Gasteiger partial charge >= 0.3 is 0 Å². The molecule has 0 atom stereocenters. The van der Waals surface area contributed by atoms with Crippen molar-refractivity contribution in [3.63, 3.8) is 0 Å². The van der Waals surface area contributed by atoms with E-state index < -0.39 is 5.41 Å². The number of anilines is 1. The molecule has 1 saturated heterocycles. The van der Waals surface area contributed by atoms with Gasteiger partial charge in [-0.2, -0.15) is 0 Å². The Labute approximate surface area is 120 Å². The first kappa shape index (κ1) is 12.8. The van der Waals surface area contributed by atoms with E-state index in [2.05, 4.69) is 20.9 Å². The van der Waals surface area contributed by atoms with E-state index in [1.807, 2.05) is 0 Å². The SMILES string of the molecule is O=C1CC2(CCCCC2)C(=O)N1c1cccc(Br)n1. The van der Waals surface area contributed by atoms with Crippen molar-refractivity contribution in [2.24, 2.45) is 5.41 Å². The monoisotopic (exact) mass is 322 g/mol. The molecule has 0 bridgehead atoms. The summed E-state index contributed by atoms with van der Waals surface area (Å²) in [6, 6.07) is 5.28. The maximum Gasteiger partial charge on any atom is 0.241 e. The minimum absolute atomic E-state index is 0.0530. The van der Waals surface area contributed by atoms with Crippen molar-refractivity contribution in [2.45, 2.75) is 38.5 Å². The second-order valence-electron chi connectivity index (χ2n) is 5.37. The van der Waals surface area contributed by atoms with Gasteiger partial charge in [-0.05, 0) is 40.9 Å². The largest absolute Gasteiger partial charge is 0.274 e. The maximum atomic E-state index is 12.7. The lowest BCUT2D eigenvalue weighted by Crippen LogP contribution is -2.37. The lowest BCUT2D eigenvalue weighted by molar-refractivity contribution is -0.127. The van der Waals surface area contributed by atoms with Crippen LogP contribution in [-0.2, 0) is 9.59 Å². The number of rotatable bonds is 1. The molecule has 1 aromatic rings. The van der Waals surface area contributed by atoms with E-state index in [9.17, 15) is 9.59 Å². The van der Waals surface area contributed by atoms with Crippen LogP contribution in [0.3, 0.4) is 0 Å². The van der Waals surface area contributed by atoms with Crippen molar-refractivity contribution in [2.75, 3.05) is 4.90 Å². The summed E-state index contributed by atoms with van der Waals surface area (Å²) < 4.78 is 0.634. The van der Waals surface area contributed by atoms with Gasteiger partial charge < -0.3 is 0 Å². The van der Waals surface area contributed by atoms with Crippen LogP contribution in [0.4, 0.5) is 5.82 Å². The number of aromatic nitrogens is 1. The zero-order valence-electron chi connectivity index (χ0n) is 10.6. The molecule has 1 aromatic heterocycles. The molecule has 2 heterocycles. The minimum atomic E-state index is -0.445. The predicted octanol–water partition coefficient (Wildman–Crippen LogP) is 3.06. The van der Waals surface area contributed by atoms with Gasteiger partial charge in [0.2, 0.25) is 11.8 Å². The second kappa shape index (κ2) is 4.71. The summed E-state index contributed by atoms with van der Waals surface area (Å²) in [5.41, 5.74) is -0.445. The molecular formula is C14H15BrN2O2. The second-order valence-corrected chi connectivity index (χ2v) is 6.18. The van der Waals surface area contributed by atoms with E-state index >= 15 is 0 Å². The Balaban J connectivity index is 1.95. The van der Waals surface area contributed by atoms with Crippen LogP contribution in [0.5, 0.6) is 0 Å². The molecule has 19 heavy (non-hydrogen) atoms. The number of imide groups is 1. The molecule has 4 nitrogen and oxygen atoms in total. The summed E-state index contributed by atoms with van der Waals surface area (Å²) in [7, 11) is 0. The number of halogens is 1. The highest BCUT2D eigenvalue weighted by atomic mass is 79.9. The van der Waals surface area contributed by atoms with Crippen molar-refractivity contribution < 1.29 is 9.59 Å². The summed E-state index contributed by atoms with van der Waals surface area (Å²) >= 11 is 3.28. The molecule has 0 unspecified atom stereocenters. The molecule has 2 aliphatic rings. The zero-order chi connectivity index (χ0) is 13.5. The summed E-state index contributed by atoms with van der Waals surface area (Å²) in [4.78, 5) is 30.4. The minimum Gasteiger partial charge on any atom is -0.274 e. The van der Waals surface area contributed by atoms with Gasteiger partial charge in [-0.1, -0.05) is 25.3 Å². The Morgan fingerprint density at radius 3 is 2.58 bits per heavy atom. The van der Waals surface area contributed by atoms with E-state index in [0.29, 0.717) is 16.8 Å². The molecular weight excluding hydrogens is 308 g/mol. The number of carbonyl (C=O) groups is 2. The highest BCUT2D eigenvalue weighted by molar-refractivity contribution is 9.10. The molecule has 0 aromatic carbocycles. The standard InChI is InChI=1S/C14H15BrN2O2/c15-10-5-4-6-11(16-10)17-12(18)9-14(13(17)19)7-2-1-3-8-14/h4-6H,1-3,7-9H2. The van der Waals surface area contributed by atoms with E-state index in [1.54, 1.807) is 18.2 Å². The quantitative estimate of drug-likeness (QED) is 0.589. The van der Waals surface area contributed by atoms with E-state index in [1.165, 1.54) is 11.3 Å². The molecule has 0 radical (unpaired) electrons. The Kier molecular flexibility index (Phi) is 3.17. The van der Waals surface area contributed by atoms with Gasteiger partial charge in [0.15, 0.2) is 0 Å². The lowest BCUT2D eigenvalue weighted by atomic mass is 9.73. The van der Waals surface area contributed by atoms with Gasteiger partial charge in [-0.3, -0.25) is 9.59 Å². The van der Waals surface area contributed by atoms with Crippen LogP contribution >= 0.6 is 15.9 Å². The van der Waals surface area contributed by atoms with E-state index in [0.717, 1.165) is 25.7 Å². The van der Waals surface area contributed by atoms with Crippen molar-refractivity contribution in [1.29, 1.82) is 0 Å². The third-order valence-electron chi connectivity index (χ3n) is 4.14. The number of hydrogen-bond donors (Lipinski definition) is 0. The van der Waals surface area contributed by atoms with Gasteiger partial charge in [0.05, 0.1) is 5.41 Å². The molecule has 5 heteroatoms. The van der Waals surface area contributed by atoms with Crippen LogP contribution in [-0.4, -0.2) is 16.8 Å². The third kappa shape index (κ3) is 2.10. The Hall–Kier alpha value is -1.23. The van der Waals surface area contributed by atoms with Crippen molar-refractivity contribution in [1.82, 2.24) is 4.98 Å². The van der Waals surface area contributed by atoms with Gasteiger partial charge in [-0.25, -0.2) is 9.88 Å². The van der Waals surface area contributed by atoms with Crippen molar-refractivity contribution in [3.05, 3.63) is 22.8 Å². The lowest BCUT2D eigenvalue weighted by Gasteiger charge is -2.30. The molecule has 2 fully saturated rings. The molecule has 100 valence electrons. The molecule has 2 amide bonds. The average Bonchev–Trinajstić information content (AvgIpc) is 2.62. The Morgan fingerprint density at radius 1 is 1.16 bits per heavy atom. The third-order valence-corrected chi connectivity index (χ3v) is 4.58. The fourth-order valence-corrected chi connectivity index (χ4v) is 3.50. The van der Waals surface area contributed by atoms with Crippen LogP contribution in [0.1, 0.15) is 38.5 Å². The van der Waals surface area contributed by atoms with Crippen molar-refractivity contribution >= 4 is 33.6 Å². The number of carbonyl (C=O) groups excluding carboxylic acids is 2. The fourth-order valence-electron chi connectivity index (χ4n) is 3.17. The fraction of sp³-hybridized carbons (Fsp3) is 0.500. The van der Waals surface area contributed by atoms with Crippen molar-refractivity contribution in [3.8, 4) is 0 Å². The van der Waals surface area contributed by atoms with Gasteiger partial charge in [0, 0.05) is 6.42 Å². The molecule has 1 aliphatic heterocycles. The van der Waals surface area contributed by atoms with Gasteiger partial charge in [0.25, 0.3) is 0 Å². The van der Waals surface area contributed by atoms with Crippen LogP contribution in [0.25, 0.3) is 0 Å². The molecule has 1 aliphatic carbocycles. The zero-order valence-corrected chi connectivity index (χ0v) is 12.1. The summed E-state index contributed by atoms with van der Waals surface area (Å²) in [5.74, 6) is 0.270. The number of amides is 2. The topological polar surface area (TPSA) is 50.3 Å². The highest BCUT2D eigenvalue weighted by Gasteiger charge is 2.52. The van der Waals surface area contributed by atoms with Gasteiger partial charge in [-0.15, -0.1) is 0 Å². The number of pyridine rings is 1. The van der Waals surface area contributed by atoms with E-state index in [-0.39, 0.29) is 11.8 Å². The normalized spacial score (nSPS) is 22.3. The summed E-state index contributed by atoms with van der Waals surface area (Å²) in [6.07, 6.45) is 5.26. The molecule has 0 N–H and O–H groups in total. The Bertz CT molecular complexity index is 538. The van der Waals surface area contributed by atoms with Crippen LogP contribution in [0.15, 0.2) is 22.8 Å². The molecule has 1 saturated carbocycles. The predicted molar refractivity (Wildman–Crippen MR) is 74.6 cm³/mol. The summed E-state index contributed by atoms with van der Waals surface area (Å²) in [5, 5.41) is 0. The van der Waals surface area contributed by atoms with Crippen LogP contribution in [0, 0.1) is 5.41 Å². The van der Waals surface area contributed by atoms with Gasteiger partial charge in [0.1, 0.15) is 10.4 Å². The first-order valence-electron chi connectivity index (χ1n) is 6.62. The first-order chi connectivity index (χ1) is 9.12.